The average molecular weight is 562 g/mol. The number of rotatable bonds is 4. The van der Waals surface area contributed by atoms with E-state index in [1.165, 1.54) is 35.2 Å². The van der Waals surface area contributed by atoms with Crippen molar-refractivity contribution in [1.29, 1.82) is 5.26 Å². The molecule has 1 saturated heterocycles. The number of fused-ring (bicyclic) bond motifs is 1. The first-order valence-corrected chi connectivity index (χ1v) is 12.0. The summed E-state index contributed by atoms with van der Waals surface area (Å²) in [5.41, 5.74) is -1.64. The van der Waals surface area contributed by atoms with Crippen LogP contribution in [0.3, 0.4) is 0 Å². The van der Waals surface area contributed by atoms with Crippen LogP contribution in [0, 0.1) is 11.3 Å². The van der Waals surface area contributed by atoms with Gasteiger partial charge in [0.2, 0.25) is 6.29 Å². The molecule has 0 spiro atoms. The van der Waals surface area contributed by atoms with Crippen molar-refractivity contribution in [3.05, 3.63) is 80.0 Å². The number of piperazine rings is 1. The SMILES string of the molecule is N#Cc1ccc(-n2c3c(c(=O)[nH]c2=O)N(c2ccccc2Cl)C(N2CCNCC2)N3OC(=O)C(F)(F)F)cc1. The van der Waals surface area contributed by atoms with Crippen LogP contribution in [-0.2, 0) is 9.63 Å². The number of carbonyl (C=O) groups is 1. The van der Waals surface area contributed by atoms with E-state index in [1.807, 2.05) is 6.07 Å². The second-order valence-electron chi connectivity index (χ2n) is 8.58. The third kappa shape index (κ3) is 4.71. The fourth-order valence-electron chi connectivity index (χ4n) is 4.54. The van der Waals surface area contributed by atoms with Crippen molar-refractivity contribution in [2.45, 2.75) is 12.5 Å². The summed E-state index contributed by atoms with van der Waals surface area (Å²) < 4.78 is 41.3. The molecule has 1 aromatic heterocycles. The highest BCUT2D eigenvalue weighted by Gasteiger charge is 2.51. The lowest BCUT2D eigenvalue weighted by atomic mass is 10.2. The van der Waals surface area contributed by atoms with E-state index in [0.717, 1.165) is 4.57 Å². The number of carbonyl (C=O) groups excluding carboxylic acids is 1. The van der Waals surface area contributed by atoms with Gasteiger partial charge in [0.25, 0.3) is 5.56 Å². The van der Waals surface area contributed by atoms with Gasteiger partial charge < -0.3 is 10.2 Å². The number of benzene rings is 2. The normalized spacial score (nSPS) is 17.6. The number of anilines is 3. The Bertz CT molecular complexity index is 1580. The van der Waals surface area contributed by atoms with Gasteiger partial charge in [0, 0.05) is 26.2 Å². The first-order chi connectivity index (χ1) is 18.6. The second-order valence-corrected chi connectivity index (χ2v) is 8.99. The van der Waals surface area contributed by atoms with Crippen molar-refractivity contribution >= 4 is 34.8 Å². The van der Waals surface area contributed by atoms with E-state index < -0.39 is 35.5 Å². The minimum Gasteiger partial charge on any atom is -0.327 e. The smallest absolute Gasteiger partial charge is 0.327 e. The number of nitriles is 1. The Labute approximate surface area is 223 Å². The van der Waals surface area contributed by atoms with E-state index in [4.69, 9.17) is 21.7 Å². The summed E-state index contributed by atoms with van der Waals surface area (Å²) in [6.45, 7) is 1.48. The number of nitrogens with one attached hydrogen (secondary N) is 2. The third-order valence-electron chi connectivity index (χ3n) is 6.21. The summed E-state index contributed by atoms with van der Waals surface area (Å²) in [5.74, 6) is -2.97. The van der Waals surface area contributed by atoms with Gasteiger partial charge in [-0.3, -0.25) is 19.6 Å². The molecule has 2 aliphatic heterocycles. The van der Waals surface area contributed by atoms with Gasteiger partial charge in [0.1, 0.15) is 0 Å². The zero-order chi connectivity index (χ0) is 27.9. The number of para-hydroxylation sites is 1. The van der Waals surface area contributed by atoms with Crippen molar-refractivity contribution in [1.82, 2.24) is 19.8 Å². The Morgan fingerprint density at radius 2 is 1.74 bits per heavy atom. The fourth-order valence-corrected chi connectivity index (χ4v) is 4.77. The molecule has 2 aliphatic rings. The van der Waals surface area contributed by atoms with E-state index in [2.05, 4.69) is 10.3 Å². The van der Waals surface area contributed by atoms with Gasteiger partial charge in [-0.05, 0) is 36.4 Å². The molecule has 11 nitrogen and oxygen atoms in total. The first-order valence-electron chi connectivity index (χ1n) is 11.6. The van der Waals surface area contributed by atoms with Crippen LogP contribution in [0.1, 0.15) is 5.56 Å². The van der Waals surface area contributed by atoms with Gasteiger partial charge >= 0.3 is 17.8 Å². The monoisotopic (exact) mass is 561 g/mol. The van der Waals surface area contributed by atoms with Gasteiger partial charge in [0.05, 0.1) is 28.0 Å². The molecule has 0 saturated carbocycles. The van der Waals surface area contributed by atoms with Gasteiger partial charge in [0.15, 0.2) is 11.5 Å². The maximum Gasteiger partial charge on any atom is 0.493 e. The number of halogens is 4. The van der Waals surface area contributed by atoms with Gasteiger partial charge in [-0.15, -0.1) is 5.06 Å². The molecule has 5 rings (SSSR count). The average Bonchev–Trinajstić information content (AvgIpc) is 3.24. The predicted octanol–water partition coefficient (Wildman–Crippen LogP) is 2.22. The fraction of sp³-hybridized carbons (Fsp3) is 0.250. The number of alkyl halides is 3. The minimum atomic E-state index is -5.38. The molecule has 2 aromatic carbocycles. The van der Waals surface area contributed by atoms with E-state index in [-0.39, 0.29) is 27.6 Å². The zero-order valence-electron chi connectivity index (χ0n) is 19.9. The highest BCUT2D eigenvalue weighted by Crippen LogP contribution is 2.45. The first kappa shape index (κ1) is 26.3. The standard InChI is InChI=1S/C24H19ClF3N7O4/c25-16-3-1-2-4-17(16)34-18-19(36)31-22(38)33(15-7-5-14(13-29)6-8-15)20(18)35(39-21(37)24(26,27)28)23(34)32-11-9-30-10-12-32/h1-8,23,30H,9-12H2,(H,31,36,38). The van der Waals surface area contributed by atoms with Crippen LogP contribution in [0.4, 0.5) is 30.4 Å². The summed E-state index contributed by atoms with van der Waals surface area (Å²) in [7, 11) is 0. The Balaban J connectivity index is 1.83. The number of aromatic amines is 1. The Morgan fingerprint density at radius 3 is 2.36 bits per heavy atom. The summed E-state index contributed by atoms with van der Waals surface area (Å²) in [4.78, 5) is 48.9. The lowest BCUT2D eigenvalue weighted by Gasteiger charge is -2.41. The zero-order valence-corrected chi connectivity index (χ0v) is 20.7. The number of hydrogen-bond donors (Lipinski definition) is 2. The molecule has 1 fully saturated rings. The molecular weight excluding hydrogens is 543 g/mol. The molecule has 2 N–H and O–H groups in total. The summed E-state index contributed by atoms with van der Waals surface area (Å²) in [6, 6.07) is 13.8. The maximum absolute atomic E-state index is 13.5. The van der Waals surface area contributed by atoms with Crippen LogP contribution in [0.5, 0.6) is 0 Å². The van der Waals surface area contributed by atoms with E-state index in [0.29, 0.717) is 31.2 Å². The Hall–Kier alpha value is -4.32. The van der Waals surface area contributed by atoms with Crippen LogP contribution in [0.15, 0.2) is 58.1 Å². The summed E-state index contributed by atoms with van der Waals surface area (Å²) in [5, 5.41) is 13.1. The molecule has 15 heteroatoms. The van der Waals surface area contributed by atoms with Crippen LogP contribution < -0.4 is 26.5 Å². The Morgan fingerprint density at radius 1 is 1.08 bits per heavy atom. The van der Waals surface area contributed by atoms with Crippen molar-refractivity contribution in [2.75, 3.05) is 36.1 Å². The highest BCUT2D eigenvalue weighted by atomic mass is 35.5. The van der Waals surface area contributed by atoms with Crippen LogP contribution in [0.25, 0.3) is 5.69 Å². The van der Waals surface area contributed by atoms with Crippen molar-refractivity contribution in [3.63, 3.8) is 0 Å². The lowest BCUT2D eigenvalue weighted by Crippen LogP contribution is -2.60. The molecule has 202 valence electrons. The molecule has 0 amide bonds. The third-order valence-corrected chi connectivity index (χ3v) is 6.53. The largest absolute Gasteiger partial charge is 0.493 e. The molecule has 3 heterocycles. The molecule has 1 atom stereocenters. The van der Waals surface area contributed by atoms with E-state index in [1.54, 1.807) is 23.1 Å². The summed E-state index contributed by atoms with van der Waals surface area (Å²) >= 11 is 6.48. The number of H-pyrrole nitrogens is 1. The van der Waals surface area contributed by atoms with Crippen molar-refractivity contribution in [2.24, 2.45) is 0 Å². The van der Waals surface area contributed by atoms with Crippen molar-refractivity contribution in [3.8, 4) is 11.8 Å². The Kier molecular flexibility index (Phi) is 6.81. The molecule has 3 aromatic rings. The number of hydroxylamine groups is 1. The lowest BCUT2D eigenvalue weighted by molar-refractivity contribution is -0.203. The van der Waals surface area contributed by atoms with E-state index >= 15 is 0 Å². The van der Waals surface area contributed by atoms with Gasteiger partial charge in [-0.25, -0.2) is 14.2 Å². The molecule has 0 radical (unpaired) electrons. The second kappa shape index (κ2) is 10.1. The topological polar surface area (TPSA) is 127 Å². The molecular formula is C24H19ClF3N7O4. The van der Waals surface area contributed by atoms with Gasteiger partial charge in [-0.2, -0.15) is 18.4 Å². The number of hydrogen-bond acceptors (Lipinski definition) is 9. The molecule has 1 unspecified atom stereocenters. The minimum absolute atomic E-state index is 0.0969. The van der Waals surface area contributed by atoms with Crippen LogP contribution in [-0.4, -0.2) is 59.1 Å². The number of nitrogens with zero attached hydrogens (tertiary/aromatic N) is 5. The van der Waals surface area contributed by atoms with Gasteiger partial charge in [-0.1, -0.05) is 23.7 Å². The molecule has 0 bridgehead atoms. The number of aromatic nitrogens is 2. The molecule has 39 heavy (non-hydrogen) atoms. The van der Waals surface area contributed by atoms with E-state index in [9.17, 15) is 27.6 Å². The summed E-state index contributed by atoms with van der Waals surface area (Å²) in [6.07, 6.45) is -6.70. The van der Waals surface area contributed by atoms with Crippen molar-refractivity contribution < 1.29 is 22.8 Å². The maximum atomic E-state index is 13.5. The highest BCUT2D eigenvalue weighted by molar-refractivity contribution is 6.33. The molecule has 0 aliphatic carbocycles. The quantitative estimate of drug-likeness (QED) is 0.493. The predicted molar refractivity (Wildman–Crippen MR) is 134 cm³/mol. The van der Waals surface area contributed by atoms with Crippen LogP contribution in [0.2, 0.25) is 5.02 Å². The van der Waals surface area contributed by atoms with Crippen LogP contribution >= 0.6 is 11.6 Å².